The standard InChI is InChI=1S/C12H16N2O3/c13-10-7-4-8-11(14(15)16)12(10)17-9-5-2-1-3-6-9/h4,7-9H,1-3,5-6,13H2. The fourth-order valence-corrected chi connectivity index (χ4v) is 2.16. The molecule has 0 atom stereocenters. The Bertz CT molecular complexity index is 414. The minimum absolute atomic E-state index is 0.0458. The molecule has 1 fully saturated rings. The fourth-order valence-electron chi connectivity index (χ4n) is 2.16. The van der Waals surface area contributed by atoms with Crippen molar-refractivity contribution in [1.82, 2.24) is 0 Å². The van der Waals surface area contributed by atoms with Crippen LogP contribution in [0.2, 0.25) is 0 Å². The normalized spacial score (nSPS) is 16.7. The Hall–Kier alpha value is -1.78. The van der Waals surface area contributed by atoms with Gasteiger partial charge in [-0.05, 0) is 31.7 Å². The molecule has 1 aliphatic carbocycles. The van der Waals surface area contributed by atoms with Crippen molar-refractivity contribution in [2.24, 2.45) is 0 Å². The summed E-state index contributed by atoms with van der Waals surface area (Å²) in [5, 5.41) is 10.9. The largest absolute Gasteiger partial charge is 0.482 e. The van der Waals surface area contributed by atoms with Crippen molar-refractivity contribution in [3.63, 3.8) is 0 Å². The lowest BCUT2D eigenvalue weighted by molar-refractivity contribution is -0.386. The van der Waals surface area contributed by atoms with Gasteiger partial charge in [0.15, 0.2) is 0 Å². The van der Waals surface area contributed by atoms with Crippen molar-refractivity contribution in [1.29, 1.82) is 0 Å². The lowest BCUT2D eigenvalue weighted by Gasteiger charge is -2.23. The van der Waals surface area contributed by atoms with Gasteiger partial charge in [0, 0.05) is 6.07 Å². The number of nitro benzene ring substituents is 1. The predicted octanol–water partition coefficient (Wildman–Crippen LogP) is 2.89. The summed E-state index contributed by atoms with van der Waals surface area (Å²) in [4.78, 5) is 10.4. The van der Waals surface area contributed by atoms with Crippen LogP contribution in [0.4, 0.5) is 11.4 Å². The first-order valence-electron chi connectivity index (χ1n) is 5.88. The van der Waals surface area contributed by atoms with Gasteiger partial charge in [-0.3, -0.25) is 10.1 Å². The van der Waals surface area contributed by atoms with Crippen molar-refractivity contribution >= 4 is 11.4 Å². The second-order valence-corrected chi connectivity index (χ2v) is 4.33. The number of nitrogens with two attached hydrogens (primary N) is 1. The zero-order chi connectivity index (χ0) is 12.3. The van der Waals surface area contributed by atoms with Crippen LogP contribution in [0.3, 0.4) is 0 Å². The van der Waals surface area contributed by atoms with Crippen LogP contribution in [0.5, 0.6) is 5.75 Å². The lowest BCUT2D eigenvalue weighted by atomic mass is 9.98. The van der Waals surface area contributed by atoms with Gasteiger partial charge in [-0.1, -0.05) is 12.5 Å². The van der Waals surface area contributed by atoms with Gasteiger partial charge in [0.05, 0.1) is 16.7 Å². The van der Waals surface area contributed by atoms with Gasteiger partial charge in [0.1, 0.15) is 0 Å². The molecule has 0 radical (unpaired) electrons. The molecule has 0 aromatic heterocycles. The van der Waals surface area contributed by atoms with Crippen molar-refractivity contribution in [3.05, 3.63) is 28.3 Å². The summed E-state index contributed by atoms with van der Waals surface area (Å²) in [6.45, 7) is 0. The molecule has 0 bridgehead atoms. The third-order valence-corrected chi connectivity index (χ3v) is 3.06. The number of hydrogen-bond acceptors (Lipinski definition) is 4. The maximum absolute atomic E-state index is 10.9. The molecule has 0 spiro atoms. The van der Waals surface area contributed by atoms with E-state index in [-0.39, 0.29) is 17.5 Å². The minimum Gasteiger partial charge on any atom is -0.482 e. The first kappa shape index (κ1) is 11.7. The summed E-state index contributed by atoms with van der Waals surface area (Å²) in [6.07, 6.45) is 5.41. The van der Waals surface area contributed by atoms with Gasteiger partial charge in [-0.15, -0.1) is 0 Å². The monoisotopic (exact) mass is 236 g/mol. The maximum atomic E-state index is 10.9. The number of ether oxygens (including phenoxy) is 1. The smallest absolute Gasteiger partial charge is 0.313 e. The highest BCUT2D eigenvalue weighted by atomic mass is 16.6. The summed E-state index contributed by atoms with van der Waals surface area (Å²) in [5.74, 6) is 0.226. The number of nitrogen functional groups attached to an aromatic ring is 1. The quantitative estimate of drug-likeness (QED) is 0.497. The Morgan fingerprint density at radius 1 is 1.29 bits per heavy atom. The Labute approximate surface area is 99.7 Å². The number of benzene rings is 1. The zero-order valence-electron chi connectivity index (χ0n) is 9.59. The van der Waals surface area contributed by atoms with E-state index >= 15 is 0 Å². The molecular weight excluding hydrogens is 220 g/mol. The predicted molar refractivity (Wildman–Crippen MR) is 65.0 cm³/mol. The van der Waals surface area contributed by atoms with Crippen LogP contribution in [-0.2, 0) is 0 Å². The van der Waals surface area contributed by atoms with E-state index in [2.05, 4.69) is 0 Å². The Balaban J connectivity index is 2.21. The summed E-state index contributed by atoms with van der Waals surface area (Å²) in [6, 6.07) is 4.63. The van der Waals surface area contributed by atoms with Gasteiger partial charge >= 0.3 is 5.69 Å². The van der Waals surface area contributed by atoms with Crippen LogP contribution in [0, 0.1) is 10.1 Å². The molecule has 2 N–H and O–H groups in total. The highest BCUT2D eigenvalue weighted by Gasteiger charge is 2.22. The van der Waals surface area contributed by atoms with Crippen LogP contribution in [0.25, 0.3) is 0 Å². The van der Waals surface area contributed by atoms with Gasteiger partial charge in [-0.25, -0.2) is 0 Å². The molecule has 17 heavy (non-hydrogen) atoms. The minimum atomic E-state index is -0.450. The Morgan fingerprint density at radius 3 is 2.65 bits per heavy atom. The summed E-state index contributed by atoms with van der Waals surface area (Å²) in [7, 11) is 0. The van der Waals surface area contributed by atoms with E-state index in [0.717, 1.165) is 25.7 Å². The van der Waals surface area contributed by atoms with Gasteiger partial charge in [0.2, 0.25) is 5.75 Å². The SMILES string of the molecule is Nc1cccc([N+](=O)[O-])c1OC1CCCCC1. The van der Waals surface area contributed by atoms with Crippen LogP contribution in [0.15, 0.2) is 18.2 Å². The average Bonchev–Trinajstić information content (AvgIpc) is 2.33. The highest BCUT2D eigenvalue weighted by Crippen LogP contribution is 2.35. The number of rotatable bonds is 3. The average molecular weight is 236 g/mol. The molecule has 1 aromatic rings. The molecule has 5 heteroatoms. The Morgan fingerprint density at radius 2 is 2.00 bits per heavy atom. The van der Waals surface area contributed by atoms with Crippen LogP contribution >= 0.6 is 0 Å². The van der Waals surface area contributed by atoms with Gasteiger partial charge in [-0.2, -0.15) is 0 Å². The van der Waals surface area contributed by atoms with Crippen LogP contribution in [-0.4, -0.2) is 11.0 Å². The van der Waals surface area contributed by atoms with E-state index in [1.54, 1.807) is 12.1 Å². The third kappa shape index (κ3) is 2.67. The number of nitro groups is 1. The fraction of sp³-hybridized carbons (Fsp3) is 0.500. The van der Waals surface area contributed by atoms with Gasteiger partial charge in [0.25, 0.3) is 0 Å². The van der Waals surface area contributed by atoms with E-state index in [1.807, 2.05) is 0 Å². The zero-order valence-corrected chi connectivity index (χ0v) is 9.59. The number of nitrogens with zero attached hydrogens (tertiary/aromatic N) is 1. The van der Waals surface area contributed by atoms with E-state index in [1.165, 1.54) is 12.5 Å². The molecule has 1 aliphatic rings. The van der Waals surface area contributed by atoms with E-state index in [9.17, 15) is 10.1 Å². The Kier molecular flexibility index (Phi) is 3.46. The maximum Gasteiger partial charge on any atom is 0.313 e. The second kappa shape index (κ2) is 5.03. The molecule has 0 amide bonds. The van der Waals surface area contributed by atoms with Crippen LogP contribution < -0.4 is 10.5 Å². The molecule has 2 rings (SSSR count). The first-order valence-corrected chi connectivity index (χ1v) is 5.88. The third-order valence-electron chi connectivity index (χ3n) is 3.06. The van der Waals surface area contributed by atoms with E-state index in [4.69, 9.17) is 10.5 Å². The van der Waals surface area contributed by atoms with Gasteiger partial charge < -0.3 is 10.5 Å². The van der Waals surface area contributed by atoms with Crippen LogP contribution in [0.1, 0.15) is 32.1 Å². The lowest BCUT2D eigenvalue weighted by Crippen LogP contribution is -2.20. The number of anilines is 1. The number of para-hydroxylation sites is 1. The first-order chi connectivity index (χ1) is 8.18. The van der Waals surface area contributed by atoms with Crippen molar-refractivity contribution in [2.75, 3.05) is 5.73 Å². The molecule has 1 saturated carbocycles. The molecule has 92 valence electrons. The molecule has 0 heterocycles. The van der Waals surface area contributed by atoms with Crippen molar-refractivity contribution in [3.8, 4) is 5.75 Å². The molecule has 0 aliphatic heterocycles. The molecular formula is C12H16N2O3. The highest BCUT2D eigenvalue weighted by molar-refractivity contribution is 5.63. The molecule has 5 nitrogen and oxygen atoms in total. The summed E-state index contributed by atoms with van der Waals surface area (Å²) >= 11 is 0. The molecule has 1 aromatic carbocycles. The van der Waals surface area contributed by atoms with Crippen molar-refractivity contribution < 1.29 is 9.66 Å². The van der Waals surface area contributed by atoms with E-state index in [0.29, 0.717) is 5.69 Å². The number of hydrogen-bond donors (Lipinski definition) is 1. The summed E-state index contributed by atoms with van der Waals surface area (Å²) in [5.41, 5.74) is 6.04. The second-order valence-electron chi connectivity index (χ2n) is 4.33. The molecule has 0 unspecified atom stereocenters. The van der Waals surface area contributed by atoms with Crippen molar-refractivity contribution in [2.45, 2.75) is 38.2 Å². The summed E-state index contributed by atoms with van der Waals surface area (Å²) < 4.78 is 5.71. The molecule has 0 saturated heterocycles. The topological polar surface area (TPSA) is 78.4 Å². The van der Waals surface area contributed by atoms with E-state index < -0.39 is 4.92 Å².